The number of aryl methyl sites for hydroxylation is 1. The second-order valence-corrected chi connectivity index (χ2v) is 8.57. The van der Waals surface area contributed by atoms with Crippen LogP contribution in [0.4, 0.5) is 0 Å². The third-order valence-electron chi connectivity index (χ3n) is 3.68. The lowest BCUT2D eigenvalue weighted by molar-refractivity contribution is 0.314. The molecule has 2 aromatic rings. The van der Waals surface area contributed by atoms with Gasteiger partial charge in [-0.2, -0.15) is 0 Å². The van der Waals surface area contributed by atoms with Crippen molar-refractivity contribution >= 4 is 10.0 Å². The summed E-state index contributed by atoms with van der Waals surface area (Å²) in [6.07, 6.45) is 0. The number of hydrogen-bond acceptors (Lipinski definition) is 3. The van der Waals surface area contributed by atoms with Crippen LogP contribution in [0.25, 0.3) is 0 Å². The Morgan fingerprint density at radius 2 is 1.62 bits per heavy atom. The molecule has 0 aliphatic heterocycles. The van der Waals surface area contributed by atoms with Crippen LogP contribution in [-0.4, -0.2) is 21.6 Å². The van der Waals surface area contributed by atoms with Crippen molar-refractivity contribution in [3.8, 4) is 5.75 Å². The fourth-order valence-electron chi connectivity index (χ4n) is 2.35. The fourth-order valence-corrected chi connectivity index (χ4v) is 3.36. The van der Waals surface area contributed by atoms with Crippen molar-refractivity contribution < 1.29 is 13.2 Å². The fraction of sp³-hybridized carbons (Fsp3) is 0.368. The predicted molar refractivity (Wildman–Crippen MR) is 97.0 cm³/mol. The number of ether oxygens (including phenoxy) is 1. The van der Waals surface area contributed by atoms with Gasteiger partial charge in [0.25, 0.3) is 0 Å². The van der Waals surface area contributed by atoms with Crippen molar-refractivity contribution in [3.05, 3.63) is 59.7 Å². The van der Waals surface area contributed by atoms with Gasteiger partial charge in [-0.15, -0.1) is 0 Å². The van der Waals surface area contributed by atoms with E-state index in [1.54, 1.807) is 24.3 Å². The average Bonchev–Trinajstić information content (AvgIpc) is 2.51. The standard InChI is InChI=1S/C19H25NO3S/c1-15-9-11-16(12-10-15)24(21,22)20-13-14-23-18-8-6-5-7-17(18)19(2,3)4/h5-12,20H,13-14H2,1-4H3. The molecule has 130 valence electrons. The summed E-state index contributed by atoms with van der Waals surface area (Å²) in [6, 6.07) is 14.6. The summed E-state index contributed by atoms with van der Waals surface area (Å²) in [5.74, 6) is 0.791. The van der Waals surface area contributed by atoms with Gasteiger partial charge in [-0.05, 0) is 36.1 Å². The largest absolute Gasteiger partial charge is 0.492 e. The normalized spacial score (nSPS) is 12.2. The molecule has 2 aromatic carbocycles. The van der Waals surface area contributed by atoms with Crippen LogP contribution in [0.2, 0.25) is 0 Å². The Labute approximate surface area is 144 Å². The summed E-state index contributed by atoms with van der Waals surface area (Å²) in [5, 5.41) is 0. The van der Waals surface area contributed by atoms with Crippen molar-refractivity contribution in [3.63, 3.8) is 0 Å². The minimum Gasteiger partial charge on any atom is -0.492 e. The molecule has 0 aromatic heterocycles. The number of sulfonamides is 1. The van der Waals surface area contributed by atoms with Crippen LogP contribution >= 0.6 is 0 Å². The van der Waals surface area contributed by atoms with Crippen molar-refractivity contribution in [2.24, 2.45) is 0 Å². The highest BCUT2D eigenvalue weighted by molar-refractivity contribution is 7.89. The maximum atomic E-state index is 12.2. The molecule has 0 unspecified atom stereocenters. The van der Waals surface area contributed by atoms with E-state index in [1.165, 1.54) is 0 Å². The van der Waals surface area contributed by atoms with Gasteiger partial charge in [0, 0.05) is 6.54 Å². The highest BCUT2D eigenvalue weighted by atomic mass is 32.2. The van der Waals surface area contributed by atoms with Gasteiger partial charge in [0.2, 0.25) is 10.0 Å². The minimum absolute atomic E-state index is 0.0298. The molecule has 0 aliphatic rings. The van der Waals surface area contributed by atoms with Crippen LogP contribution in [0.1, 0.15) is 31.9 Å². The third kappa shape index (κ3) is 4.82. The van der Waals surface area contributed by atoms with Gasteiger partial charge in [-0.3, -0.25) is 0 Å². The van der Waals surface area contributed by atoms with Gasteiger partial charge in [0.05, 0.1) is 4.90 Å². The molecule has 0 saturated carbocycles. The smallest absolute Gasteiger partial charge is 0.240 e. The van der Waals surface area contributed by atoms with Gasteiger partial charge in [0.1, 0.15) is 12.4 Å². The van der Waals surface area contributed by atoms with Crippen LogP contribution < -0.4 is 9.46 Å². The third-order valence-corrected chi connectivity index (χ3v) is 5.15. The Hall–Kier alpha value is -1.85. The molecule has 1 N–H and O–H groups in total. The monoisotopic (exact) mass is 347 g/mol. The zero-order chi connectivity index (χ0) is 17.8. The lowest BCUT2D eigenvalue weighted by Gasteiger charge is -2.22. The molecule has 4 nitrogen and oxygen atoms in total. The Kier molecular flexibility index (Phi) is 5.67. The van der Waals surface area contributed by atoms with E-state index in [4.69, 9.17) is 4.74 Å². The zero-order valence-electron chi connectivity index (χ0n) is 14.7. The van der Waals surface area contributed by atoms with Crippen LogP contribution in [0, 0.1) is 6.92 Å². The van der Waals surface area contributed by atoms with Crippen LogP contribution in [0.5, 0.6) is 5.75 Å². The van der Waals surface area contributed by atoms with E-state index in [2.05, 4.69) is 25.5 Å². The zero-order valence-corrected chi connectivity index (χ0v) is 15.5. The highest BCUT2D eigenvalue weighted by Crippen LogP contribution is 2.30. The van der Waals surface area contributed by atoms with Gasteiger partial charge in [-0.25, -0.2) is 13.1 Å². The Bertz CT molecular complexity index is 775. The first kappa shape index (κ1) is 18.5. The first-order valence-electron chi connectivity index (χ1n) is 7.99. The van der Waals surface area contributed by atoms with E-state index >= 15 is 0 Å². The van der Waals surface area contributed by atoms with Crippen molar-refractivity contribution in [1.82, 2.24) is 4.72 Å². The number of para-hydroxylation sites is 1. The summed E-state index contributed by atoms with van der Waals surface area (Å²) < 4.78 is 32.8. The van der Waals surface area contributed by atoms with Crippen molar-refractivity contribution in [2.45, 2.75) is 38.0 Å². The first-order valence-corrected chi connectivity index (χ1v) is 9.47. The SMILES string of the molecule is Cc1ccc(S(=O)(=O)NCCOc2ccccc2C(C)(C)C)cc1. The van der Waals surface area contributed by atoms with E-state index in [1.807, 2.05) is 31.2 Å². The molecule has 0 atom stereocenters. The number of benzene rings is 2. The summed E-state index contributed by atoms with van der Waals surface area (Å²) >= 11 is 0. The predicted octanol–water partition coefficient (Wildman–Crippen LogP) is 3.65. The molecule has 24 heavy (non-hydrogen) atoms. The summed E-state index contributed by atoms with van der Waals surface area (Å²) in [4.78, 5) is 0.267. The number of hydrogen-bond donors (Lipinski definition) is 1. The maximum Gasteiger partial charge on any atom is 0.240 e. The molecule has 0 aliphatic carbocycles. The molecule has 0 spiro atoms. The lowest BCUT2D eigenvalue weighted by Crippen LogP contribution is -2.28. The highest BCUT2D eigenvalue weighted by Gasteiger charge is 2.18. The van der Waals surface area contributed by atoms with Crippen LogP contribution in [0.15, 0.2) is 53.4 Å². The molecule has 0 amide bonds. The molecule has 0 saturated heterocycles. The quantitative estimate of drug-likeness (QED) is 0.812. The van der Waals surface area contributed by atoms with Crippen molar-refractivity contribution in [2.75, 3.05) is 13.2 Å². The topological polar surface area (TPSA) is 55.4 Å². The molecule has 5 heteroatoms. The van der Waals surface area contributed by atoms with E-state index in [0.29, 0.717) is 0 Å². The molecule has 0 radical (unpaired) electrons. The molecule has 0 fully saturated rings. The Balaban J connectivity index is 1.95. The summed E-state index contributed by atoms with van der Waals surface area (Å²) in [6.45, 7) is 8.77. The second-order valence-electron chi connectivity index (χ2n) is 6.81. The Morgan fingerprint density at radius 1 is 1.00 bits per heavy atom. The molecule has 0 heterocycles. The molecular formula is C19H25NO3S. The average molecular weight is 347 g/mol. The van der Waals surface area contributed by atoms with Crippen LogP contribution in [-0.2, 0) is 15.4 Å². The van der Waals surface area contributed by atoms with E-state index in [0.717, 1.165) is 16.9 Å². The van der Waals surface area contributed by atoms with Gasteiger partial charge in [-0.1, -0.05) is 56.7 Å². The van der Waals surface area contributed by atoms with Gasteiger partial charge in [0.15, 0.2) is 0 Å². The molecule has 2 rings (SSSR count). The number of rotatable bonds is 6. The van der Waals surface area contributed by atoms with Crippen molar-refractivity contribution in [1.29, 1.82) is 0 Å². The van der Waals surface area contributed by atoms with E-state index in [9.17, 15) is 8.42 Å². The number of nitrogens with one attached hydrogen (secondary N) is 1. The summed E-state index contributed by atoms with van der Waals surface area (Å²) in [5.41, 5.74) is 2.10. The van der Waals surface area contributed by atoms with Gasteiger partial charge < -0.3 is 4.74 Å². The van der Waals surface area contributed by atoms with Crippen LogP contribution in [0.3, 0.4) is 0 Å². The molecular weight excluding hydrogens is 322 g/mol. The molecule has 0 bridgehead atoms. The summed E-state index contributed by atoms with van der Waals surface area (Å²) in [7, 11) is -3.50. The first-order chi connectivity index (χ1) is 11.2. The van der Waals surface area contributed by atoms with Gasteiger partial charge >= 0.3 is 0 Å². The minimum atomic E-state index is -3.50. The Morgan fingerprint density at radius 3 is 2.25 bits per heavy atom. The maximum absolute atomic E-state index is 12.2. The van der Waals surface area contributed by atoms with E-state index in [-0.39, 0.29) is 23.5 Å². The second kappa shape index (κ2) is 7.36. The van der Waals surface area contributed by atoms with E-state index < -0.39 is 10.0 Å². The lowest BCUT2D eigenvalue weighted by atomic mass is 9.86.